The third-order valence-corrected chi connectivity index (χ3v) is 3.16. The Morgan fingerprint density at radius 1 is 1.40 bits per heavy atom. The molecule has 5 nitrogen and oxygen atoms in total. The summed E-state index contributed by atoms with van der Waals surface area (Å²) in [4.78, 5) is 18.4. The average Bonchev–Trinajstić information content (AvgIpc) is 2.77. The van der Waals surface area contributed by atoms with Crippen molar-refractivity contribution in [3.63, 3.8) is 0 Å². The molecule has 1 amide bonds. The Hall–Kier alpha value is -1.59. The predicted molar refractivity (Wildman–Crippen MR) is 77.6 cm³/mol. The Balaban J connectivity index is 2.11. The van der Waals surface area contributed by atoms with Crippen LogP contribution in [0.1, 0.15) is 31.9 Å². The maximum atomic E-state index is 12.1. The summed E-state index contributed by atoms with van der Waals surface area (Å²) in [6.45, 7) is 6.78. The van der Waals surface area contributed by atoms with Crippen molar-refractivity contribution in [3.8, 4) is 0 Å². The minimum Gasteiger partial charge on any atom is -0.443 e. The maximum Gasteiger partial charge on any atom is 0.414 e. The second-order valence-electron chi connectivity index (χ2n) is 5.97. The summed E-state index contributed by atoms with van der Waals surface area (Å²) < 4.78 is 5.42. The average molecular weight is 278 g/mol. The van der Waals surface area contributed by atoms with Gasteiger partial charge in [0.25, 0.3) is 0 Å². The first kappa shape index (κ1) is 14.8. The zero-order valence-corrected chi connectivity index (χ0v) is 12.3. The SMILES string of the molecule is CC(C)(C)OC(=O)N1CCc2cc(CCON)ccc21. The summed E-state index contributed by atoms with van der Waals surface area (Å²) in [5, 5.41) is 0. The van der Waals surface area contributed by atoms with E-state index in [0.717, 1.165) is 18.5 Å². The van der Waals surface area contributed by atoms with Gasteiger partial charge in [-0.1, -0.05) is 12.1 Å². The van der Waals surface area contributed by atoms with Gasteiger partial charge in [0.15, 0.2) is 0 Å². The standard InChI is InChI=1S/C15H22N2O3/c1-15(2,3)20-14(18)17-8-6-12-10-11(7-9-19-16)4-5-13(12)17/h4-5,10H,6-9,16H2,1-3H3. The molecule has 0 saturated carbocycles. The first-order valence-electron chi connectivity index (χ1n) is 6.85. The fourth-order valence-corrected chi connectivity index (χ4v) is 2.29. The molecule has 0 saturated heterocycles. The van der Waals surface area contributed by atoms with E-state index in [-0.39, 0.29) is 6.09 Å². The Kier molecular flexibility index (Phi) is 4.30. The van der Waals surface area contributed by atoms with Gasteiger partial charge in [-0.2, -0.15) is 0 Å². The van der Waals surface area contributed by atoms with Crippen LogP contribution in [0.15, 0.2) is 18.2 Å². The largest absolute Gasteiger partial charge is 0.443 e. The number of carbonyl (C=O) groups excluding carboxylic acids is 1. The van der Waals surface area contributed by atoms with Crippen molar-refractivity contribution in [3.05, 3.63) is 29.3 Å². The van der Waals surface area contributed by atoms with Crippen molar-refractivity contribution in [2.24, 2.45) is 5.90 Å². The van der Waals surface area contributed by atoms with Crippen LogP contribution >= 0.6 is 0 Å². The van der Waals surface area contributed by atoms with Gasteiger partial charge in [0.2, 0.25) is 0 Å². The zero-order valence-electron chi connectivity index (χ0n) is 12.3. The lowest BCUT2D eigenvalue weighted by molar-refractivity contribution is 0.0584. The molecule has 0 fully saturated rings. The van der Waals surface area contributed by atoms with Gasteiger partial charge in [-0.05, 0) is 50.8 Å². The molecule has 1 heterocycles. The molecule has 110 valence electrons. The van der Waals surface area contributed by atoms with Crippen molar-refractivity contribution >= 4 is 11.8 Å². The molecular formula is C15H22N2O3. The minimum absolute atomic E-state index is 0.283. The molecular weight excluding hydrogens is 256 g/mol. The van der Waals surface area contributed by atoms with Crippen LogP contribution < -0.4 is 10.8 Å². The molecule has 0 unspecified atom stereocenters. The topological polar surface area (TPSA) is 64.8 Å². The van der Waals surface area contributed by atoms with Gasteiger partial charge in [0, 0.05) is 6.54 Å². The normalized spacial score (nSPS) is 14.3. The number of amides is 1. The highest BCUT2D eigenvalue weighted by molar-refractivity contribution is 5.90. The Bertz CT molecular complexity index is 494. The van der Waals surface area contributed by atoms with Crippen LogP contribution in [0, 0.1) is 0 Å². The van der Waals surface area contributed by atoms with Gasteiger partial charge >= 0.3 is 6.09 Å². The molecule has 1 aliphatic rings. The molecule has 1 aromatic rings. The molecule has 1 aromatic carbocycles. The van der Waals surface area contributed by atoms with E-state index in [9.17, 15) is 4.79 Å². The molecule has 1 aliphatic heterocycles. The van der Waals surface area contributed by atoms with Gasteiger partial charge in [-0.3, -0.25) is 4.90 Å². The van der Waals surface area contributed by atoms with E-state index in [1.165, 1.54) is 11.1 Å². The minimum atomic E-state index is -0.474. The van der Waals surface area contributed by atoms with Crippen molar-refractivity contribution < 1.29 is 14.4 Å². The van der Waals surface area contributed by atoms with Crippen LogP contribution in [-0.4, -0.2) is 24.8 Å². The Morgan fingerprint density at radius 3 is 2.80 bits per heavy atom. The highest BCUT2D eigenvalue weighted by Gasteiger charge is 2.28. The summed E-state index contributed by atoms with van der Waals surface area (Å²) in [7, 11) is 0. The summed E-state index contributed by atoms with van der Waals surface area (Å²) in [6.07, 6.45) is 1.34. The van der Waals surface area contributed by atoms with Crippen LogP contribution in [0.2, 0.25) is 0 Å². The van der Waals surface area contributed by atoms with Crippen LogP contribution in [0.3, 0.4) is 0 Å². The zero-order chi connectivity index (χ0) is 14.8. The number of fused-ring (bicyclic) bond motifs is 1. The second-order valence-corrected chi connectivity index (χ2v) is 5.97. The number of benzene rings is 1. The number of hydrogen-bond acceptors (Lipinski definition) is 4. The number of rotatable bonds is 3. The third kappa shape index (κ3) is 3.49. The van der Waals surface area contributed by atoms with Crippen molar-refractivity contribution in [2.75, 3.05) is 18.1 Å². The van der Waals surface area contributed by atoms with Gasteiger partial charge in [-0.15, -0.1) is 0 Å². The molecule has 0 radical (unpaired) electrons. The number of nitrogens with two attached hydrogens (primary N) is 1. The maximum absolute atomic E-state index is 12.1. The lowest BCUT2D eigenvalue weighted by Crippen LogP contribution is -2.35. The predicted octanol–water partition coefficient (Wildman–Crippen LogP) is 2.42. The molecule has 20 heavy (non-hydrogen) atoms. The van der Waals surface area contributed by atoms with Crippen LogP contribution in [0.5, 0.6) is 0 Å². The molecule has 5 heteroatoms. The fourth-order valence-electron chi connectivity index (χ4n) is 2.29. The summed E-state index contributed by atoms with van der Waals surface area (Å²) in [5.74, 6) is 5.04. The summed E-state index contributed by atoms with van der Waals surface area (Å²) >= 11 is 0. The lowest BCUT2D eigenvalue weighted by atomic mass is 10.1. The van der Waals surface area contributed by atoms with E-state index in [1.807, 2.05) is 32.9 Å². The first-order valence-corrected chi connectivity index (χ1v) is 6.85. The first-order chi connectivity index (χ1) is 9.40. The van der Waals surface area contributed by atoms with E-state index in [4.69, 9.17) is 10.6 Å². The third-order valence-electron chi connectivity index (χ3n) is 3.16. The number of anilines is 1. The van der Waals surface area contributed by atoms with Gasteiger partial charge < -0.3 is 9.57 Å². The van der Waals surface area contributed by atoms with Crippen molar-refractivity contribution in [1.82, 2.24) is 0 Å². The number of hydrogen-bond donors (Lipinski definition) is 1. The Morgan fingerprint density at radius 2 is 2.15 bits per heavy atom. The summed E-state index contributed by atoms with van der Waals surface area (Å²) in [5.41, 5.74) is 2.81. The summed E-state index contributed by atoms with van der Waals surface area (Å²) in [6, 6.07) is 6.08. The van der Waals surface area contributed by atoms with E-state index < -0.39 is 5.60 Å². The highest BCUT2D eigenvalue weighted by atomic mass is 16.6. The van der Waals surface area contributed by atoms with E-state index in [0.29, 0.717) is 13.2 Å². The quantitative estimate of drug-likeness (QED) is 0.862. The molecule has 0 bridgehead atoms. The number of ether oxygens (including phenoxy) is 1. The molecule has 2 N–H and O–H groups in total. The molecule has 0 aliphatic carbocycles. The Labute approximate surface area is 119 Å². The monoisotopic (exact) mass is 278 g/mol. The lowest BCUT2D eigenvalue weighted by Gasteiger charge is -2.24. The number of carbonyl (C=O) groups is 1. The van der Waals surface area contributed by atoms with Crippen molar-refractivity contribution in [2.45, 2.75) is 39.2 Å². The molecule has 0 aromatic heterocycles. The van der Waals surface area contributed by atoms with Gasteiger partial charge in [-0.25, -0.2) is 10.7 Å². The second kappa shape index (κ2) is 5.81. The van der Waals surface area contributed by atoms with E-state index in [2.05, 4.69) is 10.9 Å². The molecule has 0 atom stereocenters. The van der Waals surface area contributed by atoms with Crippen LogP contribution in [0.4, 0.5) is 10.5 Å². The van der Waals surface area contributed by atoms with Crippen LogP contribution in [0.25, 0.3) is 0 Å². The van der Waals surface area contributed by atoms with E-state index in [1.54, 1.807) is 4.90 Å². The highest BCUT2D eigenvalue weighted by Crippen LogP contribution is 2.30. The van der Waals surface area contributed by atoms with Crippen molar-refractivity contribution in [1.29, 1.82) is 0 Å². The fraction of sp³-hybridized carbons (Fsp3) is 0.533. The van der Waals surface area contributed by atoms with Crippen LogP contribution in [-0.2, 0) is 22.4 Å². The van der Waals surface area contributed by atoms with Gasteiger partial charge in [0.1, 0.15) is 5.60 Å². The molecule has 2 rings (SSSR count). The van der Waals surface area contributed by atoms with E-state index >= 15 is 0 Å². The smallest absolute Gasteiger partial charge is 0.414 e. The molecule has 0 spiro atoms. The number of nitrogens with zero attached hydrogens (tertiary/aromatic N) is 1. The van der Waals surface area contributed by atoms with Gasteiger partial charge in [0.05, 0.1) is 12.3 Å².